The van der Waals surface area contributed by atoms with Crippen LogP contribution >= 0.6 is 0 Å². The van der Waals surface area contributed by atoms with E-state index in [0.29, 0.717) is 11.8 Å². The lowest BCUT2D eigenvalue weighted by Gasteiger charge is -2.21. The molecule has 3 heterocycles. The van der Waals surface area contributed by atoms with Gasteiger partial charge in [0.05, 0.1) is 0 Å². The highest BCUT2D eigenvalue weighted by atomic mass is 16.2. The number of carbonyl (C=O) groups excluding carboxylic acids is 1. The van der Waals surface area contributed by atoms with Crippen LogP contribution in [0.15, 0.2) is 18.3 Å². The van der Waals surface area contributed by atoms with Gasteiger partial charge in [0.1, 0.15) is 5.82 Å². The van der Waals surface area contributed by atoms with Crippen LogP contribution in [0.5, 0.6) is 0 Å². The van der Waals surface area contributed by atoms with Crippen LogP contribution in [-0.2, 0) is 4.79 Å². The van der Waals surface area contributed by atoms with Crippen molar-refractivity contribution in [1.82, 2.24) is 14.8 Å². The molecule has 1 N–H and O–H groups in total. The molecule has 0 radical (unpaired) electrons. The summed E-state index contributed by atoms with van der Waals surface area (Å²) in [7, 11) is 0. The van der Waals surface area contributed by atoms with Gasteiger partial charge in [-0.3, -0.25) is 4.79 Å². The van der Waals surface area contributed by atoms with Crippen molar-refractivity contribution in [2.24, 2.45) is 5.92 Å². The minimum absolute atomic E-state index is 0.336. The standard InChI is InChI=1S/C17H26N4O/c1-14-4-6-18-16(11-14)19-12-15-5-8-20(13-15)9-10-21-7-2-3-17(21)22/h4,6,11,15H,2-3,5,7-10,12-13H2,1H3,(H,18,19). The number of nitrogens with zero attached hydrogens (tertiary/aromatic N) is 3. The van der Waals surface area contributed by atoms with Crippen molar-refractivity contribution in [3.05, 3.63) is 23.9 Å². The van der Waals surface area contributed by atoms with E-state index in [4.69, 9.17) is 0 Å². The lowest BCUT2D eigenvalue weighted by atomic mass is 10.1. The number of anilines is 1. The fraction of sp³-hybridized carbons (Fsp3) is 0.647. The van der Waals surface area contributed by atoms with Crippen LogP contribution in [0.3, 0.4) is 0 Å². The van der Waals surface area contributed by atoms with Crippen molar-refractivity contribution >= 4 is 11.7 Å². The highest BCUT2D eigenvalue weighted by Crippen LogP contribution is 2.18. The maximum Gasteiger partial charge on any atom is 0.222 e. The minimum Gasteiger partial charge on any atom is -0.370 e. The maximum atomic E-state index is 11.6. The van der Waals surface area contributed by atoms with Gasteiger partial charge < -0.3 is 15.1 Å². The molecule has 0 aliphatic carbocycles. The summed E-state index contributed by atoms with van der Waals surface area (Å²) in [5.41, 5.74) is 1.24. The Kier molecular flexibility index (Phi) is 4.93. The fourth-order valence-corrected chi connectivity index (χ4v) is 3.37. The highest BCUT2D eigenvalue weighted by Gasteiger charge is 2.25. The largest absolute Gasteiger partial charge is 0.370 e. The molecule has 0 spiro atoms. The molecular weight excluding hydrogens is 276 g/mol. The van der Waals surface area contributed by atoms with Crippen LogP contribution in [0.25, 0.3) is 0 Å². The van der Waals surface area contributed by atoms with Crippen LogP contribution in [0, 0.1) is 12.8 Å². The monoisotopic (exact) mass is 302 g/mol. The number of aryl methyl sites for hydroxylation is 1. The van der Waals surface area contributed by atoms with Crippen LogP contribution in [0.4, 0.5) is 5.82 Å². The molecule has 0 saturated carbocycles. The van der Waals surface area contributed by atoms with Gasteiger partial charge in [0.15, 0.2) is 0 Å². The average Bonchev–Trinajstić information content (AvgIpc) is 3.12. The van der Waals surface area contributed by atoms with E-state index in [1.165, 1.54) is 12.0 Å². The summed E-state index contributed by atoms with van der Waals surface area (Å²) in [5.74, 6) is 1.99. The molecule has 1 amide bonds. The topological polar surface area (TPSA) is 48.5 Å². The lowest BCUT2D eigenvalue weighted by molar-refractivity contribution is -0.127. The van der Waals surface area contributed by atoms with Gasteiger partial charge in [-0.05, 0) is 49.9 Å². The fourth-order valence-electron chi connectivity index (χ4n) is 3.37. The number of pyridine rings is 1. The third-order valence-electron chi connectivity index (χ3n) is 4.71. The number of amides is 1. The summed E-state index contributed by atoms with van der Waals surface area (Å²) in [4.78, 5) is 20.5. The first-order valence-corrected chi connectivity index (χ1v) is 8.37. The molecule has 5 heteroatoms. The summed E-state index contributed by atoms with van der Waals surface area (Å²) >= 11 is 0. The van der Waals surface area contributed by atoms with Gasteiger partial charge in [0.25, 0.3) is 0 Å². The van der Waals surface area contributed by atoms with Crippen molar-refractivity contribution in [1.29, 1.82) is 0 Å². The van der Waals surface area contributed by atoms with Crippen LogP contribution in [0.2, 0.25) is 0 Å². The Morgan fingerprint density at radius 2 is 2.27 bits per heavy atom. The van der Waals surface area contributed by atoms with Crippen LogP contribution in [-0.4, -0.2) is 60.0 Å². The van der Waals surface area contributed by atoms with E-state index in [-0.39, 0.29) is 0 Å². The van der Waals surface area contributed by atoms with Gasteiger partial charge in [-0.25, -0.2) is 4.98 Å². The van der Waals surface area contributed by atoms with Crippen molar-refractivity contribution < 1.29 is 4.79 Å². The van der Waals surface area contributed by atoms with Crippen molar-refractivity contribution in [2.75, 3.05) is 44.6 Å². The molecule has 2 saturated heterocycles. The van der Waals surface area contributed by atoms with Gasteiger partial charge in [0, 0.05) is 45.3 Å². The van der Waals surface area contributed by atoms with E-state index < -0.39 is 0 Å². The van der Waals surface area contributed by atoms with Gasteiger partial charge in [-0.2, -0.15) is 0 Å². The Morgan fingerprint density at radius 3 is 3.05 bits per heavy atom. The summed E-state index contributed by atoms with van der Waals surface area (Å²) < 4.78 is 0. The summed E-state index contributed by atoms with van der Waals surface area (Å²) in [5, 5.41) is 3.45. The molecular formula is C17H26N4O. The summed E-state index contributed by atoms with van der Waals surface area (Å²) in [6.45, 7) is 8.22. The zero-order valence-electron chi connectivity index (χ0n) is 13.4. The number of rotatable bonds is 6. The van der Waals surface area contributed by atoms with E-state index in [9.17, 15) is 4.79 Å². The van der Waals surface area contributed by atoms with Gasteiger partial charge >= 0.3 is 0 Å². The van der Waals surface area contributed by atoms with E-state index in [0.717, 1.165) is 57.9 Å². The first-order chi connectivity index (χ1) is 10.7. The summed E-state index contributed by atoms with van der Waals surface area (Å²) in [6.07, 6.45) is 4.86. The molecule has 2 aliphatic rings. The predicted octanol–water partition coefficient (Wildman–Crippen LogP) is 1.75. The van der Waals surface area contributed by atoms with Gasteiger partial charge in [-0.1, -0.05) is 0 Å². The molecule has 1 aromatic heterocycles. The molecule has 3 rings (SSSR count). The molecule has 5 nitrogen and oxygen atoms in total. The number of nitrogens with one attached hydrogen (secondary N) is 1. The van der Waals surface area contributed by atoms with Gasteiger partial charge in [0.2, 0.25) is 5.91 Å². The molecule has 0 aromatic carbocycles. The second-order valence-corrected chi connectivity index (χ2v) is 6.54. The zero-order valence-corrected chi connectivity index (χ0v) is 13.4. The Hall–Kier alpha value is -1.62. The predicted molar refractivity (Wildman–Crippen MR) is 87.8 cm³/mol. The molecule has 2 aliphatic heterocycles. The van der Waals surface area contributed by atoms with E-state index in [1.54, 1.807) is 0 Å². The minimum atomic E-state index is 0.336. The van der Waals surface area contributed by atoms with Crippen LogP contribution < -0.4 is 5.32 Å². The number of likely N-dealkylation sites (tertiary alicyclic amines) is 2. The Morgan fingerprint density at radius 1 is 1.36 bits per heavy atom. The van der Waals surface area contributed by atoms with Crippen molar-refractivity contribution in [3.8, 4) is 0 Å². The second kappa shape index (κ2) is 7.09. The molecule has 120 valence electrons. The van der Waals surface area contributed by atoms with E-state index in [2.05, 4.69) is 28.2 Å². The third-order valence-corrected chi connectivity index (χ3v) is 4.71. The number of hydrogen-bond donors (Lipinski definition) is 1. The Balaban J connectivity index is 1.38. The number of hydrogen-bond acceptors (Lipinski definition) is 4. The number of carbonyl (C=O) groups is 1. The Labute approximate surface area is 132 Å². The normalized spacial score (nSPS) is 22.5. The van der Waals surface area contributed by atoms with E-state index >= 15 is 0 Å². The molecule has 22 heavy (non-hydrogen) atoms. The third kappa shape index (κ3) is 3.97. The highest BCUT2D eigenvalue weighted by molar-refractivity contribution is 5.78. The first-order valence-electron chi connectivity index (χ1n) is 8.37. The molecule has 1 unspecified atom stereocenters. The lowest BCUT2D eigenvalue weighted by Crippen LogP contribution is -2.35. The Bertz CT molecular complexity index is 519. The summed E-state index contributed by atoms with van der Waals surface area (Å²) in [6, 6.07) is 4.10. The van der Waals surface area contributed by atoms with Crippen molar-refractivity contribution in [2.45, 2.75) is 26.2 Å². The quantitative estimate of drug-likeness (QED) is 0.870. The molecule has 1 aromatic rings. The smallest absolute Gasteiger partial charge is 0.222 e. The zero-order chi connectivity index (χ0) is 15.4. The second-order valence-electron chi connectivity index (χ2n) is 6.54. The SMILES string of the molecule is Cc1ccnc(NCC2CCN(CCN3CCCC3=O)C2)c1. The first kappa shape index (κ1) is 15.3. The molecule has 0 bridgehead atoms. The van der Waals surface area contributed by atoms with Crippen LogP contribution in [0.1, 0.15) is 24.8 Å². The maximum absolute atomic E-state index is 11.6. The number of aromatic nitrogens is 1. The average molecular weight is 302 g/mol. The van der Waals surface area contributed by atoms with E-state index in [1.807, 2.05) is 17.2 Å². The molecule has 2 fully saturated rings. The van der Waals surface area contributed by atoms with Gasteiger partial charge in [-0.15, -0.1) is 0 Å². The van der Waals surface area contributed by atoms with Crippen molar-refractivity contribution in [3.63, 3.8) is 0 Å². The molecule has 1 atom stereocenters.